The molecule has 0 aromatic heterocycles. The van der Waals surface area contributed by atoms with E-state index in [1.165, 1.54) is 11.1 Å². The van der Waals surface area contributed by atoms with Crippen LogP contribution < -0.4 is 0 Å². The minimum absolute atomic E-state index is 0.704. The van der Waals surface area contributed by atoms with Crippen LogP contribution in [0, 0.1) is 6.92 Å². The van der Waals surface area contributed by atoms with E-state index in [-0.39, 0.29) is 0 Å². The average Bonchev–Trinajstić information content (AvgIpc) is 2.35. The molecule has 0 atom stereocenters. The molecule has 3 heteroatoms. The molecule has 2 rings (SSSR count). The zero-order valence-electron chi connectivity index (χ0n) is 9.67. The minimum Gasteiger partial charge on any atom is -0.0620 e. The molecular formula is C14H13N3. The molecule has 0 amide bonds. The monoisotopic (exact) mass is 223 g/mol. The average molecular weight is 223 g/mol. The SMILES string of the molecule is Cc1ccc(Cc2ccccc2N=[N+]=[N-])cc1. The number of aryl methyl sites for hydroxylation is 1. The molecule has 17 heavy (non-hydrogen) atoms. The molecule has 0 unspecified atom stereocenters. The summed E-state index contributed by atoms with van der Waals surface area (Å²) in [6.07, 6.45) is 0.787. The van der Waals surface area contributed by atoms with Gasteiger partial charge in [0.1, 0.15) is 0 Å². The second-order valence-electron chi connectivity index (χ2n) is 3.98. The normalized spacial score (nSPS) is 9.71. The van der Waals surface area contributed by atoms with Gasteiger partial charge >= 0.3 is 0 Å². The molecule has 0 aliphatic carbocycles. The number of azide groups is 1. The molecule has 0 aliphatic heterocycles. The van der Waals surface area contributed by atoms with Crippen LogP contribution in [0.5, 0.6) is 0 Å². The van der Waals surface area contributed by atoms with Crippen molar-refractivity contribution in [2.24, 2.45) is 5.11 Å². The molecule has 0 heterocycles. The number of hydrogen-bond donors (Lipinski definition) is 0. The first-order valence-electron chi connectivity index (χ1n) is 5.48. The Labute approximate surface area is 100 Å². The summed E-state index contributed by atoms with van der Waals surface area (Å²) < 4.78 is 0. The molecule has 0 saturated heterocycles. The molecule has 0 fully saturated rings. The van der Waals surface area contributed by atoms with Gasteiger partial charge < -0.3 is 0 Å². The summed E-state index contributed by atoms with van der Waals surface area (Å²) >= 11 is 0. The Balaban J connectivity index is 2.29. The van der Waals surface area contributed by atoms with Gasteiger partial charge in [-0.2, -0.15) is 0 Å². The van der Waals surface area contributed by atoms with Crippen LogP contribution in [0.15, 0.2) is 53.6 Å². The molecule has 84 valence electrons. The van der Waals surface area contributed by atoms with E-state index in [2.05, 4.69) is 41.2 Å². The maximum atomic E-state index is 8.50. The predicted molar refractivity (Wildman–Crippen MR) is 69.2 cm³/mol. The second-order valence-corrected chi connectivity index (χ2v) is 3.98. The lowest BCUT2D eigenvalue weighted by molar-refractivity contribution is 1.17. The van der Waals surface area contributed by atoms with Crippen LogP contribution in [0.2, 0.25) is 0 Å². The fourth-order valence-corrected chi connectivity index (χ4v) is 1.73. The summed E-state index contributed by atoms with van der Waals surface area (Å²) in [5, 5.41) is 3.70. The first-order valence-corrected chi connectivity index (χ1v) is 5.48. The zero-order valence-corrected chi connectivity index (χ0v) is 9.67. The van der Waals surface area contributed by atoms with Crippen LogP contribution in [-0.4, -0.2) is 0 Å². The van der Waals surface area contributed by atoms with Crippen LogP contribution in [0.1, 0.15) is 16.7 Å². The van der Waals surface area contributed by atoms with Crippen LogP contribution in [0.4, 0.5) is 5.69 Å². The third-order valence-corrected chi connectivity index (χ3v) is 2.66. The third kappa shape index (κ3) is 2.86. The topological polar surface area (TPSA) is 48.8 Å². The van der Waals surface area contributed by atoms with E-state index in [1.54, 1.807) is 0 Å². The van der Waals surface area contributed by atoms with Gasteiger partial charge in [-0.05, 0) is 30.0 Å². The maximum absolute atomic E-state index is 8.50. The molecule has 0 N–H and O–H groups in total. The fourth-order valence-electron chi connectivity index (χ4n) is 1.73. The van der Waals surface area contributed by atoms with E-state index in [0.717, 1.165) is 12.0 Å². The van der Waals surface area contributed by atoms with Gasteiger partial charge in [0.05, 0.1) is 0 Å². The summed E-state index contributed by atoms with van der Waals surface area (Å²) in [5.74, 6) is 0. The van der Waals surface area contributed by atoms with Gasteiger partial charge in [0.25, 0.3) is 0 Å². The number of rotatable bonds is 3. The molecule has 2 aromatic rings. The van der Waals surface area contributed by atoms with Gasteiger partial charge in [-0.1, -0.05) is 59.2 Å². The lowest BCUT2D eigenvalue weighted by Crippen LogP contribution is -1.88. The molecule has 0 radical (unpaired) electrons. The highest BCUT2D eigenvalue weighted by atomic mass is 15.1. The van der Waals surface area contributed by atoms with E-state index in [0.29, 0.717) is 5.69 Å². The van der Waals surface area contributed by atoms with Crippen LogP contribution in [0.25, 0.3) is 10.4 Å². The van der Waals surface area contributed by atoms with Crippen LogP contribution in [-0.2, 0) is 6.42 Å². The quantitative estimate of drug-likeness (QED) is 0.417. The molecule has 2 aromatic carbocycles. The summed E-state index contributed by atoms with van der Waals surface area (Å²) in [5.41, 5.74) is 12.7. The van der Waals surface area contributed by atoms with Crippen molar-refractivity contribution in [1.82, 2.24) is 0 Å². The Bertz CT molecular complexity index is 552. The molecule has 0 saturated carbocycles. The van der Waals surface area contributed by atoms with E-state index in [1.807, 2.05) is 24.3 Å². The van der Waals surface area contributed by atoms with Crippen LogP contribution in [0.3, 0.4) is 0 Å². The molecule has 3 nitrogen and oxygen atoms in total. The molecule has 0 spiro atoms. The summed E-state index contributed by atoms with van der Waals surface area (Å²) in [4.78, 5) is 2.85. The highest BCUT2D eigenvalue weighted by molar-refractivity contribution is 5.47. The first-order chi connectivity index (χ1) is 8.29. The van der Waals surface area contributed by atoms with Gasteiger partial charge in [-0.25, -0.2) is 0 Å². The van der Waals surface area contributed by atoms with Crippen LogP contribution >= 0.6 is 0 Å². The van der Waals surface area contributed by atoms with E-state index >= 15 is 0 Å². The Morgan fingerprint density at radius 2 is 1.76 bits per heavy atom. The molecule has 0 bridgehead atoms. The largest absolute Gasteiger partial charge is 0.0620 e. The predicted octanol–water partition coefficient (Wildman–Crippen LogP) is 4.53. The number of hydrogen-bond acceptors (Lipinski definition) is 1. The summed E-state index contributed by atoms with van der Waals surface area (Å²) in [6.45, 7) is 2.07. The van der Waals surface area contributed by atoms with Gasteiger partial charge in [0.2, 0.25) is 0 Å². The van der Waals surface area contributed by atoms with Gasteiger partial charge in [0.15, 0.2) is 0 Å². The van der Waals surface area contributed by atoms with Crippen molar-refractivity contribution in [3.8, 4) is 0 Å². The van der Waals surface area contributed by atoms with E-state index in [4.69, 9.17) is 5.53 Å². The highest BCUT2D eigenvalue weighted by Gasteiger charge is 2.01. The Kier molecular flexibility index (Phi) is 3.43. The molecular weight excluding hydrogens is 210 g/mol. The first kappa shape index (κ1) is 11.2. The van der Waals surface area contributed by atoms with Crippen molar-refractivity contribution in [3.05, 3.63) is 75.7 Å². The Morgan fingerprint density at radius 3 is 2.47 bits per heavy atom. The van der Waals surface area contributed by atoms with Gasteiger partial charge in [-0.15, -0.1) is 0 Å². The fraction of sp³-hybridized carbons (Fsp3) is 0.143. The Hall–Kier alpha value is -2.25. The van der Waals surface area contributed by atoms with Crippen molar-refractivity contribution >= 4 is 5.69 Å². The van der Waals surface area contributed by atoms with Crippen molar-refractivity contribution in [2.45, 2.75) is 13.3 Å². The highest BCUT2D eigenvalue weighted by Crippen LogP contribution is 2.22. The maximum Gasteiger partial charge on any atom is 0.0410 e. The lowest BCUT2D eigenvalue weighted by Gasteiger charge is -2.05. The summed E-state index contributed by atoms with van der Waals surface area (Å²) in [6, 6.07) is 16.0. The van der Waals surface area contributed by atoms with E-state index < -0.39 is 0 Å². The Morgan fingerprint density at radius 1 is 1.06 bits per heavy atom. The number of benzene rings is 2. The van der Waals surface area contributed by atoms with Gasteiger partial charge in [0, 0.05) is 10.6 Å². The van der Waals surface area contributed by atoms with E-state index in [9.17, 15) is 0 Å². The summed E-state index contributed by atoms with van der Waals surface area (Å²) in [7, 11) is 0. The lowest BCUT2D eigenvalue weighted by atomic mass is 10.0. The number of nitrogens with zero attached hydrogens (tertiary/aromatic N) is 3. The standard InChI is InChI=1S/C14H13N3/c1-11-6-8-12(9-7-11)10-13-4-2-3-5-14(13)16-17-15/h2-9H,10H2,1H3. The smallest absolute Gasteiger partial charge is 0.0410 e. The minimum atomic E-state index is 0.704. The van der Waals surface area contributed by atoms with Crippen molar-refractivity contribution in [3.63, 3.8) is 0 Å². The molecule has 0 aliphatic rings. The van der Waals surface area contributed by atoms with Crippen molar-refractivity contribution in [2.75, 3.05) is 0 Å². The second kappa shape index (κ2) is 5.19. The van der Waals surface area contributed by atoms with Crippen molar-refractivity contribution < 1.29 is 0 Å². The third-order valence-electron chi connectivity index (χ3n) is 2.66. The van der Waals surface area contributed by atoms with Crippen molar-refractivity contribution in [1.29, 1.82) is 0 Å². The van der Waals surface area contributed by atoms with Gasteiger partial charge in [-0.3, -0.25) is 0 Å². The zero-order chi connectivity index (χ0) is 12.1.